The molecule has 2 aromatic heterocycles. The lowest BCUT2D eigenvalue weighted by atomic mass is 9.71. The fraction of sp³-hybridized carbons (Fsp3) is 0.600. The Kier molecular flexibility index (Phi) is 5.06. The standard InChI is InChI=1S/C20H27N3O4/c1-15-18(27-14-21-15)19(24)23-7-5-20(6-8-23)13-22(10-16(20)12-25-2)11-17-4-3-9-26-17/h3-4,9,14,16H,5-8,10-13H2,1-2H3. The Morgan fingerprint density at radius 2 is 2.19 bits per heavy atom. The summed E-state index contributed by atoms with van der Waals surface area (Å²) < 4.78 is 16.3. The van der Waals surface area contributed by atoms with E-state index in [0.717, 1.165) is 57.9 Å². The van der Waals surface area contributed by atoms with E-state index in [-0.39, 0.29) is 11.3 Å². The van der Waals surface area contributed by atoms with E-state index in [1.54, 1.807) is 20.3 Å². The molecule has 2 aliphatic heterocycles. The van der Waals surface area contributed by atoms with Gasteiger partial charge in [0.05, 0.1) is 25.1 Å². The van der Waals surface area contributed by atoms with Crippen molar-refractivity contribution in [1.82, 2.24) is 14.8 Å². The zero-order chi connectivity index (χ0) is 18.9. The maximum absolute atomic E-state index is 12.7. The lowest BCUT2D eigenvalue weighted by molar-refractivity contribution is 0.0305. The number of piperidine rings is 1. The molecular formula is C20H27N3O4. The number of aryl methyl sites for hydroxylation is 1. The molecule has 0 aliphatic carbocycles. The first-order valence-electron chi connectivity index (χ1n) is 9.54. The molecule has 146 valence electrons. The van der Waals surface area contributed by atoms with Gasteiger partial charge in [0.1, 0.15) is 5.76 Å². The summed E-state index contributed by atoms with van der Waals surface area (Å²) in [5.41, 5.74) is 0.846. The maximum atomic E-state index is 12.7. The van der Waals surface area contributed by atoms with Crippen molar-refractivity contribution in [3.63, 3.8) is 0 Å². The highest BCUT2D eigenvalue weighted by atomic mass is 16.5. The highest BCUT2D eigenvalue weighted by Crippen LogP contribution is 2.45. The van der Waals surface area contributed by atoms with E-state index in [4.69, 9.17) is 13.6 Å². The number of rotatable bonds is 5. The van der Waals surface area contributed by atoms with Crippen LogP contribution in [0.15, 0.2) is 33.6 Å². The molecule has 0 N–H and O–H groups in total. The minimum Gasteiger partial charge on any atom is -0.468 e. The van der Waals surface area contributed by atoms with Gasteiger partial charge in [-0.25, -0.2) is 4.98 Å². The zero-order valence-corrected chi connectivity index (χ0v) is 16.0. The highest BCUT2D eigenvalue weighted by molar-refractivity contribution is 5.92. The Bertz CT molecular complexity index is 762. The SMILES string of the molecule is COCC1CN(Cc2ccco2)CC12CCN(C(=O)c1ocnc1C)CC2. The number of amides is 1. The molecule has 27 heavy (non-hydrogen) atoms. The Morgan fingerprint density at radius 1 is 1.37 bits per heavy atom. The molecule has 1 atom stereocenters. The van der Waals surface area contributed by atoms with E-state index in [9.17, 15) is 4.79 Å². The largest absolute Gasteiger partial charge is 0.468 e. The molecule has 2 saturated heterocycles. The Balaban J connectivity index is 1.43. The number of ether oxygens (including phenoxy) is 1. The molecule has 7 heteroatoms. The summed E-state index contributed by atoms with van der Waals surface area (Å²) >= 11 is 0. The van der Waals surface area contributed by atoms with Crippen molar-refractivity contribution in [2.45, 2.75) is 26.3 Å². The third-order valence-corrected chi connectivity index (χ3v) is 6.20. The lowest BCUT2D eigenvalue weighted by Crippen LogP contribution is -2.47. The Morgan fingerprint density at radius 3 is 2.81 bits per heavy atom. The second-order valence-electron chi connectivity index (χ2n) is 7.82. The van der Waals surface area contributed by atoms with Crippen molar-refractivity contribution in [3.05, 3.63) is 42.0 Å². The number of nitrogens with zero attached hydrogens (tertiary/aromatic N) is 3. The summed E-state index contributed by atoms with van der Waals surface area (Å²) in [4.78, 5) is 21.1. The van der Waals surface area contributed by atoms with Crippen molar-refractivity contribution in [2.75, 3.05) is 39.9 Å². The number of carbonyl (C=O) groups is 1. The van der Waals surface area contributed by atoms with E-state index in [1.165, 1.54) is 6.39 Å². The van der Waals surface area contributed by atoms with E-state index in [2.05, 4.69) is 9.88 Å². The van der Waals surface area contributed by atoms with Crippen molar-refractivity contribution < 1.29 is 18.4 Å². The van der Waals surface area contributed by atoms with Gasteiger partial charge in [0.15, 0.2) is 6.39 Å². The second kappa shape index (κ2) is 7.48. The van der Waals surface area contributed by atoms with E-state index >= 15 is 0 Å². The number of carbonyl (C=O) groups excluding carboxylic acids is 1. The molecule has 7 nitrogen and oxygen atoms in total. The number of hydrogen-bond acceptors (Lipinski definition) is 6. The minimum atomic E-state index is -0.0476. The van der Waals surface area contributed by atoms with E-state index < -0.39 is 0 Å². The third-order valence-electron chi connectivity index (χ3n) is 6.20. The number of oxazole rings is 1. The van der Waals surface area contributed by atoms with Crippen LogP contribution in [0.4, 0.5) is 0 Å². The number of methoxy groups -OCH3 is 1. The van der Waals surface area contributed by atoms with Crippen LogP contribution in [0.25, 0.3) is 0 Å². The minimum absolute atomic E-state index is 0.0476. The third kappa shape index (κ3) is 3.53. The Labute approximate surface area is 159 Å². The summed E-state index contributed by atoms with van der Waals surface area (Å²) in [7, 11) is 1.77. The maximum Gasteiger partial charge on any atom is 0.291 e. The first kappa shape index (κ1) is 18.3. The molecule has 4 heterocycles. The predicted octanol–water partition coefficient (Wildman–Crippen LogP) is 2.58. The van der Waals surface area contributed by atoms with Crippen LogP contribution >= 0.6 is 0 Å². The topological polar surface area (TPSA) is 72.0 Å². The molecular weight excluding hydrogens is 346 g/mol. The predicted molar refractivity (Wildman–Crippen MR) is 98.2 cm³/mol. The van der Waals surface area contributed by atoms with Crippen molar-refractivity contribution >= 4 is 5.91 Å². The molecule has 2 aromatic rings. The lowest BCUT2D eigenvalue weighted by Gasteiger charge is -2.42. The van der Waals surface area contributed by atoms with Crippen LogP contribution in [0.5, 0.6) is 0 Å². The molecule has 1 spiro atoms. The molecule has 0 saturated carbocycles. The van der Waals surface area contributed by atoms with Gasteiger partial charge in [-0.15, -0.1) is 0 Å². The summed E-state index contributed by atoms with van der Waals surface area (Å²) in [6, 6.07) is 3.96. The van der Waals surface area contributed by atoms with Gasteiger partial charge >= 0.3 is 0 Å². The molecule has 1 amide bonds. The summed E-state index contributed by atoms with van der Waals surface area (Å²) in [6.45, 7) is 6.90. The van der Waals surface area contributed by atoms with Gasteiger partial charge in [0, 0.05) is 39.2 Å². The summed E-state index contributed by atoms with van der Waals surface area (Å²) in [6.07, 6.45) is 5.03. The van der Waals surface area contributed by atoms with Crippen molar-refractivity contribution in [2.24, 2.45) is 11.3 Å². The normalized spacial score (nSPS) is 22.6. The zero-order valence-electron chi connectivity index (χ0n) is 16.0. The van der Waals surface area contributed by atoms with Crippen LogP contribution in [0.2, 0.25) is 0 Å². The quantitative estimate of drug-likeness (QED) is 0.802. The fourth-order valence-corrected chi connectivity index (χ4v) is 4.69. The van der Waals surface area contributed by atoms with Crippen LogP contribution in [0.3, 0.4) is 0 Å². The van der Waals surface area contributed by atoms with Crippen LogP contribution in [0.1, 0.15) is 34.9 Å². The smallest absolute Gasteiger partial charge is 0.291 e. The van der Waals surface area contributed by atoms with E-state index in [1.807, 2.05) is 17.0 Å². The number of hydrogen-bond donors (Lipinski definition) is 0. The molecule has 2 fully saturated rings. The van der Waals surface area contributed by atoms with Crippen LogP contribution in [-0.2, 0) is 11.3 Å². The Hall–Kier alpha value is -2.12. The highest BCUT2D eigenvalue weighted by Gasteiger charge is 2.48. The second-order valence-corrected chi connectivity index (χ2v) is 7.82. The van der Waals surface area contributed by atoms with Crippen LogP contribution in [0, 0.1) is 18.3 Å². The van der Waals surface area contributed by atoms with Crippen molar-refractivity contribution in [3.8, 4) is 0 Å². The fourth-order valence-electron chi connectivity index (χ4n) is 4.69. The molecule has 0 bridgehead atoms. The number of likely N-dealkylation sites (tertiary alicyclic amines) is 2. The average molecular weight is 373 g/mol. The van der Waals surface area contributed by atoms with Gasteiger partial charge in [0.2, 0.25) is 5.76 Å². The van der Waals surface area contributed by atoms with Gasteiger partial charge in [-0.1, -0.05) is 0 Å². The number of aromatic nitrogens is 1. The monoisotopic (exact) mass is 373 g/mol. The van der Waals surface area contributed by atoms with E-state index in [0.29, 0.717) is 17.4 Å². The van der Waals surface area contributed by atoms with Crippen LogP contribution in [-0.4, -0.2) is 60.6 Å². The van der Waals surface area contributed by atoms with Gasteiger partial charge < -0.3 is 18.5 Å². The molecule has 2 aliphatic rings. The summed E-state index contributed by atoms with van der Waals surface area (Å²) in [5.74, 6) is 1.79. The van der Waals surface area contributed by atoms with Crippen molar-refractivity contribution in [1.29, 1.82) is 0 Å². The number of furan rings is 1. The summed E-state index contributed by atoms with van der Waals surface area (Å²) in [5, 5.41) is 0. The van der Waals surface area contributed by atoms with Gasteiger partial charge in [-0.05, 0) is 37.3 Å². The van der Waals surface area contributed by atoms with Gasteiger partial charge in [-0.3, -0.25) is 9.69 Å². The molecule has 0 radical (unpaired) electrons. The van der Waals surface area contributed by atoms with Gasteiger partial charge in [0.25, 0.3) is 5.91 Å². The molecule has 0 aromatic carbocycles. The average Bonchev–Trinajstić information content (AvgIpc) is 3.38. The van der Waals surface area contributed by atoms with Gasteiger partial charge in [-0.2, -0.15) is 0 Å². The first-order valence-corrected chi connectivity index (χ1v) is 9.54. The molecule has 1 unspecified atom stereocenters. The van der Waals surface area contributed by atoms with Crippen LogP contribution < -0.4 is 0 Å². The first-order chi connectivity index (χ1) is 13.1. The molecule has 4 rings (SSSR count).